The van der Waals surface area contributed by atoms with Crippen molar-refractivity contribution in [2.45, 2.75) is 58.2 Å². The highest BCUT2D eigenvalue weighted by atomic mass is 79.9. The van der Waals surface area contributed by atoms with E-state index in [1.807, 2.05) is 36.4 Å². The number of alkyl halides is 1. The zero-order chi connectivity index (χ0) is 26.8. The number of hydrogen-bond donors (Lipinski definition) is 0. The molecule has 1 saturated heterocycles. The fourth-order valence-electron chi connectivity index (χ4n) is 3.63. The summed E-state index contributed by atoms with van der Waals surface area (Å²) >= 11 is 3.15. The fourth-order valence-corrected chi connectivity index (χ4v) is 3.96. The van der Waals surface area contributed by atoms with Crippen LogP contribution < -0.4 is 9.47 Å². The van der Waals surface area contributed by atoms with Crippen LogP contribution in [0.4, 0.5) is 0 Å². The van der Waals surface area contributed by atoms with Crippen molar-refractivity contribution in [1.29, 1.82) is 0 Å². The van der Waals surface area contributed by atoms with Crippen LogP contribution in [-0.2, 0) is 15.3 Å². The number of ketones is 1. The van der Waals surface area contributed by atoms with E-state index in [-0.39, 0.29) is 12.3 Å². The standard InChI is InChI=1S/C15H21N3O3.C13H17BrO2/c1-2-3-4-9-19-14-7-5-13(6-8-14)15(12-17-18-16)20-10-11-21-15;1-2-3-4-9-16-12-7-5-11(6-8-12)13(15)10-14/h5-8H,2-4,9-12H2,1H3;5-8H,2-4,9-10H2,1H3. The van der Waals surface area contributed by atoms with Crippen LogP contribution in [0.3, 0.4) is 0 Å². The van der Waals surface area contributed by atoms with Crippen LogP contribution in [0.5, 0.6) is 11.5 Å². The smallest absolute Gasteiger partial charge is 0.200 e. The molecule has 0 radical (unpaired) electrons. The lowest BCUT2D eigenvalue weighted by Crippen LogP contribution is -2.30. The van der Waals surface area contributed by atoms with Crippen LogP contribution in [0.25, 0.3) is 10.4 Å². The molecule has 2 aromatic carbocycles. The third-order valence-corrected chi connectivity index (χ3v) is 6.23. The summed E-state index contributed by atoms with van der Waals surface area (Å²) in [7, 11) is 0. The zero-order valence-corrected chi connectivity index (χ0v) is 23.5. The number of carbonyl (C=O) groups is 1. The SMILES string of the molecule is CCCCCOc1ccc(C(=O)CBr)cc1.CCCCCOc1ccc(C2(CN=[N+]=[N-])OCCO2)cc1. The Morgan fingerprint density at radius 2 is 1.43 bits per heavy atom. The first-order valence-electron chi connectivity index (χ1n) is 12.9. The molecule has 8 nitrogen and oxygen atoms in total. The van der Waals surface area contributed by atoms with Gasteiger partial charge in [0.15, 0.2) is 5.78 Å². The maximum atomic E-state index is 11.3. The second kappa shape index (κ2) is 17.8. The number of nitrogens with zero attached hydrogens (tertiary/aromatic N) is 3. The lowest BCUT2D eigenvalue weighted by atomic mass is 10.1. The monoisotopic (exact) mass is 575 g/mol. The van der Waals surface area contributed by atoms with Crippen molar-refractivity contribution in [3.05, 3.63) is 70.1 Å². The van der Waals surface area contributed by atoms with Crippen molar-refractivity contribution in [3.63, 3.8) is 0 Å². The molecule has 0 amide bonds. The summed E-state index contributed by atoms with van der Waals surface area (Å²) in [6.07, 6.45) is 6.89. The summed E-state index contributed by atoms with van der Waals surface area (Å²) in [5, 5.41) is 3.96. The number of azide groups is 1. The molecule has 0 spiro atoms. The quantitative estimate of drug-likeness (QED) is 0.0543. The Kier molecular flexibility index (Phi) is 14.7. The molecule has 0 N–H and O–H groups in total. The van der Waals surface area contributed by atoms with E-state index in [4.69, 9.17) is 24.5 Å². The van der Waals surface area contributed by atoms with Gasteiger partial charge in [0.1, 0.15) is 11.5 Å². The van der Waals surface area contributed by atoms with Crippen LogP contribution in [0, 0.1) is 0 Å². The van der Waals surface area contributed by atoms with Gasteiger partial charge >= 0.3 is 0 Å². The van der Waals surface area contributed by atoms with Crippen molar-refractivity contribution in [1.82, 2.24) is 0 Å². The van der Waals surface area contributed by atoms with E-state index in [1.54, 1.807) is 12.1 Å². The molecule has 0 aliphatic carbocycles. The number of benzene rings is 2. The molecule has 9 heteroatoms. The van der Waals surface area contributed by atoms with E-state index in [0.717, 1.165) is 48.7 Å². The number of carbonyl (C=O) groups excluding carboxylic acids is 1. The van der Waals surface area contributed by atoms with Gasteiger partial charge in [0.25, 0.3) is 0 Å². The van der Waals surface area contributed by atoms with Gasteiger partial charge in [-0.05, 0) is 66.9 Å². The summed E-state index contributed by atoms with van der Waals surface area (Å²) in [5.74, 6) is 0.805. The van der Waals surface area contributed by atoms with Crippen LogP contribution in [-0.4, -0.2) is 44.1 Å². The molecule has 0 unspecified atom stereocenters. The Labute approximate surface area is 228 Å². The highest BCUT2D eigenvalue weighted by Crippen LogP contribution is 2.33. The minimum absolute atomic E-state index is 0.0949. The predicted octanol–water partition coefficient (Wildman–Crippen LogP) is 7.60. The Morgan fingerprint density at radius 1 is 0.919 bits per heavy atom. The first-order valence-corrected chi connectivity index (χ1v) is 14.0. The third-order valence-electron chi connectivity index (χ3n) is 5.72. The number of Topliss-reactive ketones (excluding diaryl/α,β-unsaturated/α-hetero) is 1. The minimum Gasteiger partial charge on any atom is -0.494 e. The Morgan fingerprint density at radius 3 is 1.89 bits per heavy atom. The number of rotatable bonds is 15. The van der Waals surface area contributed by atoms with Crippen LogP contribution in [0.1, 0.15) is 68.3 Å². The molecular weight excluding hydrogens is 538 g/mol. The van der Waals surface area contributed by atoms with E-state index in [1.165, 1.54) is 25.7 Å². The molecule has 3 rings (SSSR count). The topological polar surface area (TPSA) is 103 Å². The average molecular weight is 577 g/mol. The molecule has 0 aromatic heterocycles. The molecule has 0 saturated carbocycles. The van der Waals surface area contributed by atoms with Crippen LogP contribution >= 0.6 is 15.9 Å². The van der Waals surface area contributed by atoms with Crippen molar-refractivity contribution in [2.75, 3.05) is 38.3 Å². The molecule has 0 atom stereocenters. The number of ether oxygens (including phenoxy) is 4. The summed E-state index contributed by atoms with van der Waals surface area (Å²) in [4.78, 5) is 14.1. The van der Waals surface area contributed by atoms with E-state index in [0.29, 0.717) is 18.5 Å². The van der Waals surface area contributed by atoms with Crippen LogP contribution in [0.15, 0.2) is 53.6 Å². The largest absolute Gasteiger partial charge is 0.494 e. The van der Waals surface area contributed by atoms with Crippen LogP contribution in [0.2, 0.25) is 0 Å². The van der Waals surface area contributed by atoms with Gasteiger partial charge in [0.05, 0.1) is 38.3 Å². The normalized spacial score (nSPS) is 13.7. The summed E-state index contributed by atoms with van der Waals surface area (Å²) in [6.45, 7) is 6.93. The van der Waals surface area contributed by atoms with Gasteiger partial charge in [-0.1, -0.05) is 60.6 Å². The Hall–Kier alpha value is -2.58. The van der Waals surface area contributed by atoms with E-state index >= 15 is 0 Å². The van der Waals surface area contributed by atoms with Gasteiger partial charge in [-0.2, -0.15) is 0 Å². The maximum absolute atomic E-state index is 11.3. The lowest BCUT2D eigenvalue weighted by Gasteiger charge is -2.26. The third kappa shape index (κ3) is 10.7. The first kappa shape index (κ1) is 30.6. The molecule has 37 heavy (non-hydrogen) atoms. The molecule has 1 aliphatic heterocycles. The van der Waals surface area contributed by atoms with E-state index < -0.39 is 5.79 Å². The van der Waals surface area contributed by atoms with E-state index in [9.17, 15) is 4.79 Å². The second-order valence-corrected chi connectivity index (χ2v) is 9.12. The molecule has 1 heterocycles. The molecule has 2 aromatic rings. The average Bonchev–Trinajstić information content (AvgIpc) is 3.43. The lowest BCUT2D eigenvalue weighted by molar-refractivity contribution is -0.156. The number of hydrogen-bond acceptors (Lipinski definition) is 6. The van der Waals surface area contributed by atoms with E-state index in [2.05, 4.69) is 39.8 Å². The van der Waals surface area contributed by atoms with Gasteiger partial charge in [-0.25, -0.2) is 0 Å². The molecular formula is C28H38BrN3O5. The van der Waals surface area contributed by atoms with Gasteiger partial charge in [-0.15, -0.1) is 0 Å². The van der Waals surface area contributed by atoms with Gasteiger partial charge < -0.3 is 18.9 Å². The van der Waals surface area contributed by atoms with Crippen molar-refractivity contribution in [3.8, 4) is 11.5 Å². The summed E-state index contributed by atoms with van der Waals surface area (Å²) in [5.41, 5.74) is 10.1. The maximum Gasteiger partial charge on any atom is 0.200 e. The zero-order valence-electron chi connectivity index (χ0n) is 21.9. The molecule has 202 valence electrons. The van der Waals surface area contributed by atoms with Crippen molar-refractivity contribution < 1.29 is 23.7 Å². The Balaban J connectivity index is 0.000000271. The molecule has 0 bridgehead atoms. The number of halogens is 1. The van der Waals surface area contributed by atoms with Gasteiger partial charge in [0, 0.05) is 16.0 Å². The molecule has 1 aliphatic rings. The van der Waals surface area contributed by atoms with Gasteiger partial charge in [0.2, 0.25) is 5.79 Å². The second-order valence-electron chi connectivity index (χ2n) is 8.56. The summed E-state index contributed by atoms with van der Waals surface area (Å²) in [6, 6.07) is 14.9. The Bertz CT molecular complexity index is 957. The first-order chi connectivity index (χ1) is 18.1. The highest BCUT2D eigenvalue weighted by Gasteiger charge is 2.37. The van der Waals surface area contributed by atoms with Crippen molar-refractivity contribution in [2.24, 2.45) is 5.11 Å². The molecule has 1 fully saturated rings. The highest BCUT2D eigenvalue weighted by molar-refractivity contribution is 9.09. The van der Waals surface area contributed by atoms with Gasteiger partial charge in [-0.3, -0.25) is 4.79 Å². The minimum atomic E-state index is -0.951. The predicted molar refractivity (Wildman–Crippen MR) is 149 cm³/mol. The summed E-state index contributed by atoms with van der Waals surface area (Å²) < 4.78 is 22.5. The fraction of sp³-hybridized carbons (Fsp3) is 0.536. The number of unbranched alkanes of at least 4 members (excludes halogenated alkanes) is 4. The van der Waals surface area contributed by atoms with Crippen molar-refractivity contribution >= 4 is 21.7 Å².